The van der Waals surface area contributed by atoms with Crippen LogP contribution in [0.2, 0.25) is 0 Å². The summed E-state index contributed by atoms with van der Waals surface area (Å²) in [5.74, 6) is 1.23. The number of ether oxygens (including phenoxy) is 2. The molecule has 2 aliphatic rings. The first-order valence-corrected chi connectivity index (χ1v) is 7.74. The maximum absolute atomic E-state index is 9.41. The van der Waals surface area contributed by atoms with Crippen LogP contribution in [0.4, 0.5) is 0 Å². The Labute approximate surface area is 156 Å². The Morgan fingerprint density at radius 3 is 2.24 bits per heavy atom. The molecule has 0 aromatic heterocycles. The Balaban J connectivity index is 0.00000200. The van der Waals surface area contributed by atoms with E-state index >= 15 is 0 Å². The molecule has 5 unspecified atom stereocenters. The van der Waals surface area contributed by atoms with Gasteiger partial charge in [-0.05, 0) is 37.0 Å². The average Bonchev–Trinajstić information content (AvgIpc) is 2.25. The van der Waals surface area contributed by atoms with Crippen LogP contribution in [0.25, 0.3) is 0 Å². The van der Waals surface area contributed by atoms with Crippen molar-refractivity contribution in [2.75, 3.05) is 6.61 Å². The minimum absolute atomic E-state index is 0. The molecule has 2 rings (SSSR count). The van der Waals surface area contributed by atoms with E-state index in [9.17, 15) is 5.11 Å². The Hall–Kier alpha value is 1.11. The molecule has 0 aromatic carbocycles. The van der Waals surface area contributed by atoms with Crippen LogP contribution in [0.5, 0.6) is 0 Å². The van der Waals surface area contributed by atoms with Crippen molar-refractivity contribution in [1.82, 2.24) is 0 Å². The molecule has 0 amide bonds. The fourth-order valence-corrected chi connectivity index (χ4v) is 3.71. The molecule has 2 heterocycles. The van der Waals surface area contributed by atoms with Gasteiger partial charge in [0.25, 0.3) is 0 Å². The molecule has 2 saturated heterocycles. The minimum atomic E-state index is -0.460. The summed E-state index contributed by atoms with van der Waals surface area (Å²) >= 11 is 0. The van der Waals surface area contributed by atoms with Crippen molar-refractivity contribution in [3.63, 3.8) is 0 Å². The zero-order chi connectivity index (χ0) is 14.0. The van der Waals surface area contributed by atoms with Gasteiger partial charge in [-0.15, -0.1) is 0 Å². The van der Waals surface area contributed by atoms with Gasteiger partial charge in [-0.3, -0.25) is 0 Å². The molecule has 0 saturated carbocycles. The third-order valence-corrected chi connectivity index (χ3v) is 4.17. The second-order valence-corrected chi connectivity index (χ2v) is 7.02. The van der Waals surface area contributed by atoms with Crippen LogP contribution < -0.4 is 12.4 Å². The molecule has 2 radical (unpaired) electrons. The van der Waals surface area contributed by atoms with E-state index in [4.69, 9.17) is 9.47 Å². The van der Waals surface area contributed by atoms with Crippen molar-refractivity contribution in [2.24, 2.45) is 17.8 Å². The van der Waals surface area contributed by atoms with Crippen molar-refractivity contribution in [3.8, 4) is 0 Å². The van der Waals surface area contributed by atoms with E-state index in [0.29, 0.717) is 17.8 Å². The number of aliphatic hydroxyl groups is 1. The average molecular weight is 505 g/mol. The summed E-state index contributed by atoms with van der Waals surface area (Å²) in [6, 6.07) is 0. The first-order chi connectivity index (χ1) is 8.92. The van der Waals surface area contributed by atoms with E-state index in [0.717, 1.165) is 25.7 Å². The van der Waals surface area contributed by atoms with Crippen molar-refractivity contribution in [1.29, 1.82) is 0 Å². The van der Waals surface area contributed by atoms with E-state index in [1.807, 2.05) is 0 Å². The first-order valence-electron chi connectivity index (χ1n) is 7.74. The monoisotopic (exact) mass is 506 g/mol. The van der Waals surface area contributed by atoms with E-state index in [2.05, 4.69) is 34.1 Å². The summed E-state index contributed by atoms with van der Waals surface area (Å²) in [7, 11) is 0. The smallest absolute Gasteiger partial charge is 1.00 e. The predicted molar refractivity (Wildman–Crippen MR) is 75.5 cm³/mol. The molecule has 3 nitrogen and oxygen atoms in total. The SMILES string of the molecule is CC(C)[CH]C1CC(C)CC2(CC(C)CC(CO)O2)O1.[Cl-].[Hg+]. The van der Waals surface area contributed by atoms with Gasteiger partial charge in [0.05, 0.1) is 18.8 Å². The summed E-state index contributed by atoms with van der Waals surface area (Å²) in [6.07, 6.45) is 6.35. The zero-order valence-corrected chi connectivity index (χ0v) is 20.1. The third kappa shape index (κ3) is 6.25. The third-order valence-electron chi connectivity index (χ3n) is 4.17. The molecule has 5 heteroatoms. The van der Waals surface area contributed by atoms with Crippen molar-refractivity contribution < 1.29 is 54.7 Å². The van der Waals surface area contributed by atoms with Crippen LogP contribution in [0, 0.1) is 24.2 Å². The largest absolute Gasteiger partial charge is 1.00 e. The number of halogens is 1. The summed E-state index contributed by atoms with van der Waals surface area (Å²) in [5.41, 5.74) is 0. The van der Waals surface area contributed by atoms with Crippen LogP contribution in [0.3, 0.4) is 0 Å². The molecule has 2 fully saturated rings. The standard InChI is InChI=1S/C16H29O3.ClH.Hg/c1-11(2)5-14-6-12(3)8-16(18-14)9-13(4)7-15(10-17)19-16;;/h5,11-15,17H,6-10H2,1-4H3;1H;/q;;+1/p-1. The van der Waals surface area contributed by atoms with Crippen molar-refractivity contribution >= 4 is 0 Å². The Kier molecular flexibility index (Phi) is 9.91. The van der Waals surface area contributed by atoms with Gasteiger partial charge in [-0.2, -0.15) is 0 Å². The predicted octanol–water partition coefficient (Wildman–Crippen LogP) is 0.167. The normalized spacial score (nSPS) is 39.7. The Morgan fingerprint density at radius 1 is 1.14 bits per heavy atom. The van der Waals surface area contributed by atoms with Crippen LogP contribution in [-0.2, 0) is 37.1 Å². The minimum Gasteiger partial charge on any atom is -1.00 e. The molecule has 1 spiro atoms. The van der Waals surface area contributed by atoms with Crippen LogP contribution in [0.1, 0.15) is 53.4 Å². The van der Waals surface area contributed by atoms with Gasteiger partial charge in [0.15, 0.2) is 5.79 Å². The van der Waals surface area contributed by atoms with Crippen molar-refractivity contribution in [3.05, 3.63) is 6.42 Å². The van der Waals surface area contributed by atoms with Crippen LogP contribution >= 0.6 is 0 Å². The fourth-order valence-electron chi connectivity index (χ4n) is 3.71. The Bertz CT molecular complexity index is 297. The van der Waals surface area contributed by atoms with Crippen LogP contribution in [0.15, 0.2) is 0 Å². The van der Waals surface area contributed by atoms with Gasteiger partial charge in [0, 0.05) is 12.8 Å². The van der Waals surface area contributed by atoms with Crippen LogP contribution in [-0.4, -0.2) is 29.7 Å². The quantitative estimate of drug-likeness (QED) is 0.556. The van der Waals surface area contributed by atoms with E-state index in [1.54, 1.807) is 0 Å². The number of aliphatic hydroxyl groups excluding tert-OH is 1. The van der Waals surface area contributed by atoms with E-state index in [-0.39, 0.29) is 58.9 Å². The van der Waals surface area contributed by atoms with Crippen molar-refractivity contribution in [2.45, 2.75) is 71.4 Å². The summed E-state index contributed by atoms with van der Waals surface area (Å²) in [4.78, 5) is 0. The van der Waals surface area contributed by atoms with Gasteiger partial charge in [-0.1, -0.05) is 27.7 Å². The molecular formula is C16H29ClHgO3. The molecule has 0 aromatic rings. The maximum Gasteiger partial charge on any atom is 1.00 e. The summed E-state index contributed by atoms with van der Waals surface area (Å²) in [6.45, 7) is 8.99. The summed E-state index contributed by atoms with van der Waals surface area (Å²) < 4.78 is 12.4. The van der Waals surface area contributed by atoms with E-state index in [1.165, 1.54) is 0 Å². The Morgan fingerprint density at radius 2 is 1.71 bits per heavy atom. The van der Waals surface area contributed by atoms with Gasteiger partial charge < -0.3 is 27.0 Å². The first kappa shape index (κ1) is 22.1. The summed E-state index contributed by atoms with van der Waals surface area (Å²) in [5, 5.41) is 9.41. The molecule has 120 valence electrons. The van der Waals surface area contributed by atoms with Gasteiger partial charge >= 0.3 is 27.7 Å². The molecule has 1 N–H and O–H groups in total. The fraction of sp³-hybridized carbons (Fsp3) is 0.938. The molecular weight excluding hydrogens is 476 g/mol. The number of hydrogen-bond donors (Lipinski definition) is 1. The number of hydrogen-bond acceptors (Lipinski definition) is 3. The molecule has 2 aliphatic heterocycles. The topological polar surface area (TPSA) is 38.7 Å². The zero-order valence-electron chi connectivity index (χ0n) is 13.8. The molecule has 0 bridgehead atoms. The molecule has 21 heavy (non-hydrogen) atoms. The second-order valence-electron chi connectivity index (χ2n) is 7.02. The van der Waals surface area contributed by atoms with Gasteiger partial charge in [0.1, 0.15) is 0 Å². The van der Waals surface area contributed by atoms with E-state index < -0.39 is 5.79 Å². The molecule has 0 aliphatic carbocycles. The molecule has 5 atom stereocenters. The second kappa shape index (κ2) is 9.41. The maximum atomic E-state index is 9.41. The van der Waals surface area contributed by atoms with Gasteiger partial charge in [0.2, 0.25) is 0 Å². The van der Waals surface area contributed by atoms with Gasteiger partial charge in [-0.25, -0.2) is 0 Å². The number of rotatable bonds is 3.